The van der Waals surface area contributed by atoms with Crippen molar-refractivity contribution < 1.29 is 9.53 Å². The topological polar surface area (TPSA) is 58.8 Å². The van der Waals surface area contributed by atoms with Crippen molar-refractivity contribution in [2.24, 2.45) is 5.73 Å². The Morgan fingerprint density at radius 2 is 1.80 bits per heavy atom. The van der Waals surface area contributed by atoms with Gasteiger partial charge in [-0.15, -0.1) is 24.8 Å². The summed E-state index contributed by atoms with van der Waals surface area (Å²) in [6.07, 6.45) is 0. The molecule has 114 valence electrons. The molecule has 1 aromatic rings. The number of halogens is 2. The van der Waals surface area contributed by atoms with E-state index in [4.69, 9.17) is 10.5 Å². The van der Waals surface area contributed by atoms with E-state index in [1.165, 1.54) is 0 Å². The van der Waals surface area contributed by atoms with Gasteiger partial charge in [-0.1, -0.05) is 0 Å². The van der Waals surface area contributed by atoms with Crippen LogP contribution >= 0.6 is 24.8 Å². The molecule has 1 saturated heterocycles. The van der Waals surface area contributed by atoms with Crippen LogP contribution < -0.4 is 15.4 Å². The number of nitrogens with zero attached hydrogens (tertiary/aromatic N) is 2. The highest BCUT2D eigenvalue weighted by Gasteiger charge is 2.18. The quantitative estimate of drug-likeness (QED) is 0.914. The molecule has 0 atom stereocenters. The van der Waals surface area contributed by atoms with Gasteiger partial charge >= 0.3 is 0 Å². The number of hydrogen-bond donors (Lipinski definition) is 1. The molecule has 0 aromatic heterocycles. The minimum atomic E-state index is -0.409. The lowest BCUT2D eigenvalue weighted by molar-refractivity contribution is 0.100. The molecule has 1 aliphatic rings. The van der Waals surface area contributed by atoms with Crippen molar-refractivity contribution in [3.05, 3.63) is 23.8 Å². The number of ether oxygens (including phenoxy) is 1. The van der Waals surface area contributed by atoms with Gasteiger partial charge in [-0.25, -0.2) is 0 Å². The average Bonchev–Trinajstić information content (AvgIpc) is 2.39. The van der Waals surface area contributed by atoms with Crippen LogP contribution in [0.1, 0.15) is 10.4 Å². The number of piperazine rings is 1. The number of anilines is 1. The van der Waals surface area contributed by atoms with E-state index in [-0.39, 0.29) is 24.8 Å². The highest BCUT2D eigenvalue weighted by atomic mass is 35.5. The standard InChI is InChI=1S/C13H19N3O2.2ClH/c1-15-5-7-16(8-6-15)11-9-10(13(14)17)3-4-12(11)18-2;;/h3-4,9H,5-8H2,1-2H3,(H2,14,17);2*1H. The van der Waals surface area contributed by atoms with Crippen LogP contribution in [0.4, 0.5) is 5.69 Å². The van der Waals surface area contributed by atoms with E-state index in [9.17, 15) is 4.79 Å². The summed E-state index contributed by atoms with van der Waals surface area (Å²) in [4.78, 5) is 15.7. The summed E-state index contributed by atoms with van der Waals surface area (Å²) in [5, 5.41) is 0. The Bertz CT molecular complexity index is 449. The van der Waals surface area contributed by atoms with E-state index in [1.807, 2.05) is 6.07 Å². The van der Waals surface area contributed by atoms with E-state index in [1.54, 1.807) is 19.2 Å². The van der Waals surface area contributed by atoms with Crippen LogP contribution in [0.5, 0.6) is 5.75 Å². The normalized spacial score (nSPS) is 15.0. The van der Waals surface area contributed by atoms with Crippen molar-refractivity contribution in [2.75, 3.05) is 45.2 Å². The lowest BCUT2D eigenvalue weighted by atomic mass is 10.1. The van der Waals surface area contributed by atoms with Gasteiger partial charge in [0, 0.05) is 31.7 Å². The molecule has 0 spiro atoms. The van der Waals surface area contributed by atoms with E-state index in [2.05, 4.69) is 16.8 Å². The average molecular weight is 322 g/mol. The Hall–Kier alpha value is -1.17. The molecule has 0 radical (unpaired) electrons. The number of rotatable bonds is 3. The van der Waals surface area contributed by atoms with Crippen molar-refractivity contribution in [2.45, 2.75) is 0 Å². The van der Waals surface area contributed by atoms with Gasteiger partial charge in [-0.3, -0.25) is 4.79 Å². The number of nitrogens with two attached hydrogens (primary N) is 1. The van der Waals surface area contributed by atoms with E-state index < -0.39 is 5.91 Å². The zero-order chi connectivity index (χ0) is 13.1. The van der Waals surface area contributed by atoms with Gasteiger partial charge in [0.1, 0.15) is 5.75 Å². The summed E-state index contributed by atoms with van der Waals surface area (Å²) in [6, 6.07) is 5.31. The maximum atomic E-state index is 11.2. The SMILES string of the molecule is COc1ccc(C(N)=O)cc1N1CCN(C)CC1.Cl.Cl. The Labute approximate surface area is 131 Å². The molecule has 1 amide bonds. The molecule has 1 fully saturated rings. The first-order valence-electron chi connectivity index (χ1n) is 6.03. The predicted molar refractivity (Wildman–Crippen MR) is 85.7 cm³/mol. The Morgan fingerprint density at radius 3 is 2.30 bits per heavy atom. The number of carbonyl (C=O) groups is 1. The third kappa shape index (κ3) is 4.16. The molecule has 5 nitrogen and oxygen atoms in total. The number of carbonyl (C=O) groups excluding carboxylic acids is 1. The second-order valence-electron chi connectivity index (χ2n) is 4.54. The Kier molecular flexibility index (Phi) is 7.71. The first-order valence-corrected chi connectivity index (χ1v) is 6.03. The predicted octanol–water partition coefficient (Wildman–Crippen LogP) is 1.39. The van der Waals surface area contributed by atoms with Crippen LogP contribution in [0.25, 0.3) is 0 Å². The molecule has 1 aliphatic heterocycles. The minimum absolute atomic E-state index is 0. The molecule has 2 N–H and O–H groups in total. The van der Waals surface area contributed by atoms with Gasteiger partial charge in [-0.2, -0.15) is 0 Å². The number of methoxy groups -OCH3 is 1. The zero-order valence-electron chi connectivity index (χ0n) is 11.7. The molecule has 0 bridgehead atoms. The molecular weight excluding hydrogens is 301 g/mol. The summed E-state index contributed by atoms with van der Waals surface area (Å²) in [6.45, 7) is 3.86. The van der Waals surface area contributed by atoms with Gasteiger partial charge < -0.3 is 20.3 Å². The highest BCUT2D eigenvalue weighted by molar-refractivity contribution is 5.94. The van der Waals surface area contributed by atoms with E-state index in [0.717, 1.165) is 37.6 Å². The smallest absolute Gasteiger partial charge is 0.248 e. The Morgan fingerprint density at radius 1 is 1.20 bits per heavy atom. The second kappa shape index (κ2) is 8.19. The fourth-order valence-electron chi connectivity index (χ4n) is 2.14. The van der Waals surface area contributed by atoms with Crippen molar-refractivity contribution in [3.8, 4) is 5.75 Å². The van der Waals surface area contributed by atoms with Gasteiger partial charge in [0.2, 0.25) is 5.91 Å². The highest BCUT2D eigenvalue weighted by Crippen LogP contribution is 2.29. The second-order valence-corrected chi connectivity index (χ2v) is 4.54. The summed E-state index contributed by atoms with van der Waals surface area (Å²) < 4.78 is 5.35. The molecule has 0 aliphatic carbocycles. The summed E-state index contributed by atoms with van der Waals surface area (Å²) in [7, 11) is 3.74. The molecule has 0 unspecified atom stereocenters. The fourth-order valence-corrected chi connectivity index (χ4v) is 2.14. The van der Waals surface area contributed by atoms with Gasteiger partial charge in [0.05, 0.1) is 12.8 Å². The third-order valence-corrected chi connectivity index (χ3v) is 3.31. The largest absolute Gasteiger partial charge is 0.495 e. The van der Waals surface area contributed by atoms with Crippen LogP contribution in [0.3, 0.4) is 0 Å². The number of hydrogen-bond acceptors (Lipinski definition) is 4. The molecule has 0 saturated carbocycles. The molecule has 7 heteroatoms. The van der Waals surface area contributed by atoms with E-state index in [0.29, 0.717) is 5.56 Å². The van der Waals surface area contributed by atoms with Crippen LogP contribution in [-0.4, -0.2) is 51.1 Å². The molecule has 2 rings (SSSR count). The third-order valence-electron chi connectivity index (χ3n) is 3.31. The minimum Gasteiger partial charge on any atom is -0.495 e. The molecule has 1 aromatic carbocycles. The number of likely N-dealkylation sites (N-methyl/N-ethyl adjacent to an activating group) is 1. The van der Waals surface area contributed by atoms with Crippen LogP contribution in [0.2, 0.25) is 0 Å². The fraction of sp³-hybridized carbons (Fsp3) is 0.462. The molecule has 20 heavy (non-hydrogen) atoms. The number of amides is 1. The van der Waals surface area contributed by atoms with Crippen LogP contribution in [0, 0.1) is 0 Å². The van der Waals surface area contributed by atoms with Crippen LogP contribution in [0.15, 0.2) is 18.2 Å². The van der Waals surface area contributed by atoms with Crippen molar-refractivity contribution >= 4 is 36.4 Å². The zero-order valence-corrected chi connectivity index (χ0v) is 13.3. The van der Waals surface area contributed by atoms with Gasteiger partial charge in [0.15, 0.2) is 0 Å². The van der Waals surface area contributed by atoms with Crippen molar-refractivity contribution in [3.63, 3.8) is 0 Å². The number of benzene rings is 1. The van der Waals surface area contributed by atoms with Gasteiger partial charge in [0.25, 0.3) is 0 Å². The van der Waals surface area contributed by atoms with Crippen LogP contribution in [-0.2, 0) is 0 Å². The maximum absolute atomic E-state index is 11.2. The lowest BCUT2D eigenvalue weighted by Gasteiger charge is -2.34. The summed E-state index contributed by atoms with van der Waals surface area (Å²) >= 11 is 0. The first kappa shape index (κ1) is 18.8. The molecular formula is C13H21Cl2N3O2. The van der Waals surface area contributed by atoms with Crippen molar-refractivity contribution in [1.82, 2.24) is 4.90 Å². The molecule has 1 heterocycles. The summed E-state index contributed by atoms with van der Waals surface area (Å²) in [5.41, 5.74) is 6.78. The van der Waals surface area contributed by atoms with E-state index >= 15 is 0 Å². The Balaban J connectivity index is 0.00000180. The van der Waals surface area contributed by atoms with Gasteiger partial charge in [-0.05, 0) is 25.2 Å². The lowest BCUT2D eigenvalue weighted by Crippen LogP contribution is -2.44. The van der Waals surface area contributed by atoms with Crippen molar-refractivity contribution in [1.29, 1.82) is 0 Å². The maximum Gasteiger partial charge on any atom is 0.248 e. The first-order chi connectivity index (χ1) is 8.61. The summed E-state index contributed by atoms with van der Waals surface area (Å²) in [5.74, 6) is 0.373. The monoisotopic (exact) mass is 321 g/mol. The number of primary amides is 1.